The van der Waals surface area contributed by atoms with E-state index in [4.69, 9.17) is 0 Å². The quantitative estimate of drug-likeness (QED) is 0.670. The Bertz CT molecular complexity index is 724. The first kappa shape index (κ1) is 11.7. The van der Waals surface area contributed by atoms with Crippen LogP contribution in [0, 0.1) is 0 Å². The van der Waals surface area contributed by atoms with E-state index in [-0.39, 0.29) is 0 Å². The molecule has 0 aliphatic carbocycles. The summed E-state index contributed by atoms with van der Waals surface area (Å²) in [6, 6.07) is 7.84. The Hall–Kier alpha value is -2.36. The van der Waals surface area contributed by atoms with E-state index in [2.05, 4.69) is 9.55 Å². The van der Waals surface area contributed by atoms with E-state index >= 15 is 0 Å². The molecule has 96 valence electrons. The molecule has 0 saturated carbocycles. The second-order valence-electron chi connectivity index (χ2n) is 4.62. The van der Waals surface area contributed by atoms with Crippen LogP contribution in [0.25, 0.3) is 10.9 Å². The molecular formula is C15H15N3O. The molecule has 0 bridgehead atoms. The van der Waals surface area contributed by atoms with Gasteiger partial charge in [-0.25, -0.2) is 4.98 Å². The lowest BCUT2D eigenvalue weighted by atomic mass is 10.1. The Morgan fingerprint density at radius 3 is 2.89 bits per heavy atom. The van der Waals surface area contributed by atoms with Crippen molar-refractivity contribution >= 4 is 17.2 Å². The van der Waals surface area contributed by atoms with Crippen LogP contribution in [0.4, 0.5) is 0 Å². The number of aromatic nitrogens is 3. The summed E-state index contributed by atoms with van der Waals surface area (Å²) in [5.41, 5.74) is 1.74. The minimum atomic E-state index is 0.738. The van der Waals surface area contributed by atoms with Crippen molar-refractivity contribution in [2.24, 2.45) is 7.05 Å². The molecule has 1 aromatic carbocycles. The average Bonchev–Trinajstić information content (AvgIpc) is 3.02. The summed E-state index contributed by atoms with van der Waals surface area (Å²) >= 11 is 0. The van der Waals surface area contributed by atoms with Crippen LogP contribution in [-0.4, -0.2) is 20.4 Å². The smallest absolute Gasteiger partial charge is 0.152 e. The number of fused-ring (bicyclic) bond motifs is 1. The summed E-state index contributed by atoms with van der Waals surface area (Å²) in [6.07, 6.45) is 7.54. The van der Waals surface area contributed by atoms with Crippen LogP contribution in [-0.2, 0) is 20.0 Å². The largest absolute Gasteiger partial charge is 0.346 e. The summed E-state index contributed by atoms with van der Waals surface area (Å²) in [7, 11) is 1.99. The molecule has 4 heteroatoms. The summed E-state index contributed by atoms with van der Waals surface area (Å²) in [5.74, 6) is 1.05. The van der Waals surface area contributed by atoms with Crippen molar-refractivity contribution < 1.29 is 4.79 Å². The normalized spacial score (nSPS) is 11.0. The number of aryl methyl sites for hydroxylation is 3. The summed E-state index contributed by atoms with van der Waals surface area (Å²) in [6.45, 7) is 0.819. The van der Waals surface area contributed by atoms with Gasteiger partial charge in [-0.3, -0.25) is 4.79 Å². The highest BCUT2D eigenvalue weighted by Crippen LogP contribution is 2.19. The van der Waals surface area contributed by atoms with Crippen LogP contribution < -0.4 is 0 Å². The third-order valence-corrected chi connectivity index (χ3v) is 3.44. The Balaban J connectivity index is 1.93. The van der Waals surface area contributed by atoms with Gasteiger partial charge in [0.15, 0.2) is 6.29 Å². The van der Waals surface area contributed by atoms with Crippen molar-refractivity contribution in [3.8, 4) is 0 Å². The van der Waals surface area contributed by atoms with Gasteiger partial charge in [-0.05, 0) is 12.1 Å². The fraction of sp³-hybridized carbons (Fsp3) is 0.200. The predicted molar refractivity (Wildman–Crippen MR) is 74.2 cm³/mol. The van der Waals surface area contributed by atoms with E-state index in [1.54, 1.807) is 6.20 Å². The molecule has 0 spiro atoms. The van der Waals surface area contributed by atoms with Gasteiger partial charge in [0.2, 0.25) is 0 Å². The van der Waals surface area contributed by atoms with Gasteiger partial charge in [-0.1, -0.05) is 12.1 Å². The van der Waals surface area contributed by atoms with E-state index in [1.807, 2.05) is 48.3 Å². The molecule has 2 aromatic heterocycles. The number of imidazole rings is 1. The van der Waals surface area contributed by atoms with Crippen molar-refractivity contribution in [2.75, 3.05) is 0 Å². The molecule has 0 aliphatic rings. The van der Waals surface area contributed by atoms with Crippen molar-refractivity contribution in [2.45, 2.75) is 13.0 Å². The molecule has 0 N–H and O–H groups in total. The van der Waals surface area contributed by atoms with Gasteiger partial charge >= 0.3 is 0 Å². The van der Waals surface area contributed by atoms with E-state index in [9.17, 15) is 4.79 Å². The monoisotopic (exact) mass is 253 g/mol. The van der Waals surface area contributed by atoms with Gasteiger partial charge in [0.1, 0.15) is 5.82 Å². The van der Waals surface area contributed by atoms with Crippen LogP contribution in [0.3, 0.4) is 0 Å². The highest BCUT2D eigenvalue weighted by atomic mass is 16.1. The Morgan fingerprint density at radius 2 is 2.16 bits per heavy atom. The first-order valence-electron chi connectivity index (χ1n) is 6.29. The molecular weight excluding hydrogens is 238 g/mol. The maximum absolute atomic E-state index is 11.1. The van der Waals surface area contributed by atoms with Crippen LogP contribution >= 0.6 is 0 Å². The number of hydrogen-bond acceptors (Lipinski definition) is 2. The molecule has 0 amide bonds. The number of benzene rings is 1. The maximum atomic E-state index is 11.1. The maximum Gasteiger partial charge on any atom is 0.152 e. The highest BCUT2D eigenvalue weighted by molar-refractivity contribution is 5.96. The lowest BCUT2D eigenvalue weighted by Gasteiger charge is -2.07. The second kappa shape index (κ2) is 4.72. The fourth-order valence-corrected chi connectivity index (χ4v) is 2.43. The molecule has 0 saturated heterocycles. The number of para-hydroxylation sites is 1. The van der Waals surface area contributed by atoms with E-state index in [0.717, 1.165) is 41.5 Å². The zero-order valence-corrected chi connectivity index (χ0v) is 10.8. The van der Waals surface area contributed by atoms with Crippen molar-refractivity contribution in [3.63, 3.8) is 0 Å². The van der Waals surface area contributed by atoms with Crippen LogP contribution in [0.1, 0.15) is 16.2 Å². The van der Waals surface area contributed by atoms with E-state index in [0.29, 0.717) is 0 Å². The Kier molecular flexibility index (Phi) is 2.91. The summed E-state index contributed by atoms with van der Waals surface area (Å²) in [4.78, 5) is 15.4. The minimum absolute atomic E-state index is 0.738. The Labute approximate surface area is 111 Å². The van der Waals surface area contributed by atoms with Gasteiger partial charge in [-0.15, -0.1) is 0 Å². The van der Waals surface area contributed by atoms with Crippen LogP contribution in [0.2, 0.25) is 0 Å². The molecule has 3 rings (SSSR count). The number of nitrogens with zero attached hydrogens (tertiary/aromatic N) is 3. The first-order valence-corrected chi connectivity index (χ1v) is 6.29. The number of rotatable bonds is 4. The van der Waals surface area contributed by atoms with Crippen molar-refractivity contribution in [3.05, 3.63) is 54.2 Å². The number of hydrogen-bond donors (Lipinski definition) is 0. The molecule has 0 atom stereocenters. The number of aldehydes is 1. The highest BCUT2D eigenvalue weighted by Gasteiger charge is 2.07. The molecule has 4 nitrogen and oxygen atoms in total. The van der Waals surface area contributed by atoms with Crippen molar-refractivity contribution in [1.29, 1.82) is 0 Å². The fourth-order valence-electron chi connectivity index (χ4n) is 2.43. The lowest BCUT2D eigenvalue weighted by Crippen LogP contribution is -2.05. The van der Waals surface area contributed by atoms with E-state index in [1.165, 1.54) is 0 Å². The number of carbonyl (C=O) groups excluding carboxylic acids is 1. The van der Waals surface area contributed by atoms with Gasteiger partial charge in [0.05, 0.1) is 5.52 Å². The van der Waals surface area contributed by atoms with Gasteiger partial charge < -0.3 is 9.13 Å². The lowest BCUT2D eigenvalue weighted by molar-refractivity contribution is 0.112. The SMILES string of the molecule is Cn1ccnc1CCn1ccc2cccc(C=O)c21. The van der Waals surface area contributed by atoms with Crippen LogP contribution in [0.5, 0.6) is 0 Å². The zero-order valence-electron chi connectivity index (χ0n) is 10.8. The molecule has 19 heavy (non-hydrogen) atoms. The average molecular weight is 253 g/mol. The van der Waals surface area contributed by atoms with Crippen LogP contribution in [0.15, 0.2) is 42.9 Å². The summed E-state index contributed by atoms with van der Waals surface area (Å²) in [5, 5.41) is 1.10. The second-order valence-corrected chi connectivity index (χ2v) is 4.62. The first-order chi connectivity index (χ1) is 9.29. The Morgan fingerprint density at radius 1 is 1.26 bits per heavy atom. The zero-order chi connectivity index (χ0) is 13.2. The number of carbonyl (C=O) groups is 1. The third kappa shape index (κ3) is 2.05. The third-order valence-electron chi connectivity index (χ3n) is 3.44. The topological polar surface area (TPSA) is 39.8 Å². The van der Waals surface area contributed by atoms with Gasteiger partial charge in [0.25, 0.3) is 0 Å². The van der Waals surface area contributed by atoms with Gasteiger partial charge in [-0.2, -0.15) is 0 Å². The molecule has 0 aliphatic heterocycles. The molecule has 0 unspecified atom stereocenters. The minimum Gasteiger partial charge on any atom is -0.346 e. The molecule has 0 fully saturated rings. The molecule has 3 aromatic rings. The standard InChI is InChI=1S/C15H15N3O/c1-17-10-7-16-14(17)6-9-18-8-5-12-3-2-4-13(11-19)15(12)18/h2-5,7-8,10-11H,6,9H2,1H3. The molecule has 2 heterocycles. The van der Waals surface area contributed by atoms with Crippen molar-refractivity contribution in [1.82, 2.24) is 14.1 Å². The predicted octanol–water partition coefficient (Wildman–Crippen LogP) is 2.43. The summed E-state index contributed by atoms with van der Waals surface area (Å²) < 4.78 is 4.14. The molecule has 0 radical (unpaired) electrons. The van der Waals surface area contributed by atoms with Gasteiger partial charge in [0, 0.05) is 49.6 Å². The van der Waals surface area contributed by atoms with E-state index < -0.39 is 0 Å².